The van der Waals surface area contributed by atoms with Crippen LogP contribution in [0.3, 0.4) is 0 Å². The number of fused-ring (bicyclic) bond motifs is 1. The molecule has 0 aliphatic rings. The zero-order chi connectivity index (χ0) is 24.1. The zero-order valence-electron chi connectivity index (χ0n) is 20.5. The van der Waals surface area contributed by atoms with Crippen LogP contribution in [0.1, 0.15) is 42.0 Å². The van der Waals surface area contributed by atoms with Gasteiger partial charge in [0.1, 0.15) is 0 Å². The third kappa shape index (κ3) is 5.21. The maximum atomic E-state index is 14.3. The van der Waals surface area contributed by atoms with Crippen LogP contribution in [0.15, 0.2) is 72.8 Å². The van der Waals surface area contributed by atoms with E-state index in [1.165, 1.54) is 11.1 Å². The fourth-order valence-electron chi connectivity index (χ4n) is 4.29. The molecular weight excluding hydrogens is 438 g/mol. The predicted molar refractivity (Wildman–Crippen MR) is 144 cm³/mol. The number of benzene rings is 3. The lowest BCUT2D eigenvalue weighted by atomic mass is 9.90. The van der Waals surface area contributed by atoms with E-state index in [0.29, 0.717) is 6.54 Å². The van der Waals surface area contributed by atoms with Gasteiger partial charge >= 0.3 is 0 Å². The monoisotopic (exact) mass is 471 g/mol. The first-order valence-corrected chi connectivity index (χ1v) is 12.8. The summed E-state index contributed by atoms with van der Waals surface area (Å²) in [5, 5.41) is 0.772. The average Bonchev–Trinajstić information content (AvgIpc) is 3.25. The fourth-order valence-corrected chi connectivity index (χ4v) is 5.37. The molecule has 0 saturated heterocycles. The number of carbonyl (C=O) groups excluding carboxylic acids is 1. The number of hydrogen-bond acceptors (Lipinski definition) is 4. The van der Waals surface area contributed by atoms with Crippen LogP contribution in [0.5, 0.6) is 0 Å². The number of thiazole rings is 1. The first-order chi connectivity index (χ1) is 16.5. The summed E-state index contributed by atoms with van der Waals surface area (Å²) in [5.74, 6) is -0.313. The molecule has 0 atom stereocenters. The van der Waals surface area contributed by atoms with Gasteiger partial charge in [0.25, 0.3) is 0 Å². The van der Waals surface area contributed by atoms with Crippen molar-refractivity contribution in [1.82, 2.24) is 9.88 Å². The molecule has 1 heterocycles. The van der Waals surface area contributed by atoms with E-state index in [1.54, 1.807) is 11.3 Å². The van der Waals surface area contributed by atoms with Gasteiger partial charge < -0.3 is 4.90 Å². The molecular formula is C29H33N3OS. The normalized spacial score (nSPS) is 11.5. The molecule has 1 amide bonds. The molecule has 0 bridgehead atoms. The Hall–Kier alpha value is -3.02. The molecule has 0 aliphatic carbocycles. The summed E-state index contributed by atoms with van der Waals surface area (Å²) in [4.78, 5) is 23.5. The average molecular weight is 472 g/mol. The van der Waals surface area contributed by atoms with Crippen molar-refractivity contribution in [1.29, 1.82) is 0 Å². The number of amides is 1. The summed E-state index contributed by atoms with van der Waals surface area (Å²) in [7, 11) is 0. The van der Waals surface area contributed by atoms with Gasteiger partial charge in [0, 0.05) is 13.1 Å². The van der Waals surface area contributed by atoms with E-state index < -0.39 is 0 Å². The Labute approximate surface area is 206 Å². The van der Waals surface area contributed by atoms with Gasteiger partial charge in [0.05, 0.1) is 16.1 Å². The summed E-state index contributed by atoms with van der Waals surface area (Å²) in [6, 6.07) is 24.5. The van der Waals surface area contributed by atoms with Gasteiger partial charge in [0.2, 0.25) is 5.91 Å². The predicted octanol–water partition coefficient (Wildman–Crippen LogP) is 6.42. The van der Waals surface area contributed by atoms with Crippen LogP contribution in [-0.4, -0.2) is 42.0 Å². The number of rotatable bonds is 9. The van der Waals surface area contributed by atoms with Crippen LogP contribution in [0.4, 0.5) is 5.13 Å². The molecule has 0 N–H and O–H groups in total. The highest BCUT2D eigenvalue weighted by Crippen LogP contribution is 2.34. The lowest BCUT2D eigenvalue weighted by Gasteiger charge is -2.28. The van der Waals surface area contributed by atoms with E-state index in [2.05, 4.69) is 44.7 Å². The number of anilines is 1. The Balaban J connectivity index is 1.78. The van der Waals surface area contributed by atoms with Crippen LogP contribution >= 0.6 is 11.3 Å². The fraction of sp³-hybridized carbons (Fsp3) is 0.310. The van der Waals surface area contributed by atoms with Crippen molar-refractivity contribution < 1.29 is 4.79 Å². The minimum Gasteiger partial charge on any atom is -0.302 e. The van der Waals surface area contributed by atoms with Gasteiger partial charge in [-0.3, -0.25) is 9.69 Å². The molecule has 4 nitrogen and oxygen atoms in total. The minimum absolute atomic E-state index is 0.0667. The lowest BCUT2D eigenvalue weighted by molar-refractivity contribution is -0.119. The van der Waals surface area contributed by atoms with Crippen molar-refractivity contribution in [3.63, 3.8) is 0 Å². The van der Waals surface area contributed by atoms with Crippen molar-refractivity contribution in [2.45, 2.75) is 33.6 Å². The lowest BCUT2D eigenvalue weighted by Crippen LogP contribution is -2.41. The number of aryl methyl sites for hydroxylation is 2. The first-order valence-electron chi connectivity index (χ1n) is 12.0. The molecule has 0 unspecified atom stereocenters. The van der Waals surface area contributed by atoms with E-state index in [1.807, 2.05) is 65.6 Å². The highest BCUT2D eigenvalue weighted by atomic mass is 32.1. The summed E-state index contributed by atoms with van der Waals surface area (Å²) >= 11 is 1.61. The number of nitrogens with zero attached hydrogens (tertiary/aromatic N) is 3. The van der Waals surface area contributed by atoms with Gasteiger partial charge in [-0.1, -0.05) is 85.8 Å². The Kier molecular flexibility index (Phi) is 7.76. The van der Waals surface area contributed by atoms with E-state index in [-0.39, 0.29) is 11.8 Å². The molecule has 0 radical (unpaired) electrons. The molecule has 176 valence electrons. The van der Waals surface area contributed by atoms with Crippen molar-refractivity contribution >= 4 is 32.6 Å². The first kappa shape index (κ1) is 24.1. The second-order valence-corrected chi connectivity index (χ2v) is 9.68. The van der Waals surface area contributed by atoms with Gasteiger partial charge in [-0.15, -0.1) is 0 Å². The molecule has 1 aromatic heterocycles. The topological polar surface area (TPSA) is 36.4 Å². The molecule has 0 saturated carbocycles. The molecule has 5 heteroatoms. The van der Waals surface area contributed by atoms with E-state index in [0.717, 1.165) is 46.1 Å². The minimum atomic E-state index is -0.380. The van der Waals surface area contributed by atoms with Crippen molar-refractivity contribution in [2.24, 2.45) is 0 Å². The van der Waals surface area contributed by atoms with Crippen LogP contribution in [0.2, 0.25) is 0 Å². The Morgan fingerprint density at radius 3 is 1.97 bits per heavy atom. The number of aromatic nitrogens is 1. The smallest absolute Gasteiger partial charge is 0.240 e. The van der Waals surface area contributed by atoms with Gasteiger partial charge in [-0.05, 0) is 61.3 Å². The Morgan fingerprint density at radius 2 is 1.41 bits per heavy atom. The molecule has 34 heavy (non-hydrogen) atoms. The molecule has 3 aromatic carbocycles. The van der Waals surface area contributed by atoms with Crippen LogP contribution in [0.25, 0.3) is 10.2 Å². The highest BCUT2D eigenvalue weighted by Gasteiger charge is 2.30. The third-order valence-electron chi connectivity index (χ3n) is 6.54. The standard InChI is InChI=1S/C29H33N3OS/c1-5-31(6-2)17-18-32(29-30-25-19-21(3)22(4)20-26(25)34-29)28(33)27(23-13-9-7-10-14-23)24-15-11-8-12-16-24/h7-16,19-20,27H,5-6,17-18H2,1-4H3. The summed E-state index contributed by atoms with van der Waals surface area (Å²) in [6.45, 7) is 11.9. The molecule has 0 spiro atoms. The van der Waals surface area contributed by atoms with Crippen LogP contribution in [-0.2, 0) is 4.79 Å². The van der Waals surface area contributed by atoms with Crippen LogP contribution in [0, 0.1) is 13.8 Å². The SMILES string of the molecule is CCN(CC)CCN(C(=O)C(c1ccccc1)c1ccccc1)c1nc2cc(C)c(C)cc2s1. The summed E-state index contributed by atoms with van der Waals surface area (Å²) < 4.78 is 1.12. The largest absolute Gasteiger partial charge is 0.302 e. The van der Waals surface area contributed by atoms with E-state index in [9.17, 15) is 4.79 Å². The quantitative estimate of drug-likeness (QED) is 0.283. The van der Waals surface area contributed by atoms with E-state index in [4.69, 9.17) is 4.98 Å². The van der Waals surface area contributed by atoms with Gasteiger partial charge in [-0.2, -0.15) is 0 Å². The zero-order valence-corrected chi connectivity index (χ0v) is 21.3. The second-order valence-electron chi connectivity index (χ2n) is 8.67. The molecule has 4 aromatic rings. The highest BCUT2D eigenvalue weighted by molar-refractivity contribution is 7.22. The van der Waals surface area contributed by atoms with Crippen molar-refractivity contribution in [2.75, 3.05) is 31.1 Å². The number of likely N-dealkylation sites (N-methyl/N-ethyl adjacent to an activating group) is 1. The van der Waals surface area contributed by atoms with Crippen molar-refractivity contribution in [3.8, 4) is 0 Å². The maximum absolute atomic E-state index is 14.3. The molecule has 0 fully saturated rings. The van der Waals surface area contributed by atoms with Gasteiger partial charge in [0.15, 0.2) is 5.13 Å². The van der Waals surface area contributed by atoms with Gasteiger partial charge in [-0.25, -0.2) is 4.98 Å². The summed E-state index contributed by atoms with van der Waals surface area (Å²) in [5.41, 5.74) is 5.42. The Morgan fingerprint density at radius 1 is 0.853 bits per heavy atom. The molecule has 4 rings (SSSR count). The van der Waals surface area contributed by atoms with Crippen LogP contribution < -0.4 is 4.90 Å². The van der Waals surface area contributed by atoms with E-state index >= 15 is 0 Å². The third-order valence-corrected chi connectivity index (χ3v) is 7.58. The summed E-state index contributed by atoms with van der Waals surface area (Å²) in [6.07, 6.45) is 0. The number of carbonyl (C=O) groups is 1. The molecule has 0 aliphatic heterocycles. The second kappa shape index (κ2) is 10.9. The Bertz CT molecular complexity index is 1150. The van der Waals surface area contributed by atoms with Crippen molar-refractivity contribution in [3.05, 3.63) is 95.1 Å². The maximum Gasteiger partial charge on any atom is 0.240 e. The number of hydrogen-bond donors (Lipinski definition) is 0.